The average Bonchev–Trinajstić information content (AvgIpc) is 2.83. The summed E-state index contributed by atoms with van der Waals surface area (Å²) in [5.41, 5.74) is 1.88. The Kier molecular flexibility index (Phi) is 4.03. The van der Waals surface area contributed by atoms with Gasteiger partial charge in [0.15, 0.2) is 6.10 Å². The second-order valence-electron chi connectivity index (χ2n) is 3.71. The first-order valence-corrected chi connectivity index (χ1v) is 6.48. The van der Waals surface area contributed by atoms with Crippen LogP contribution in [0.1, 0.15) is 23.6 Å². The average molecular weight is 259 g/mol. The first-order valence-electron chi connectivity index (χ1n) is 5.66. The molecule has 1 atom stereocenters. The summed E-state index contributed by atoms with van der Waals surface area (Å²) in [5, 5.41) is 18.9. The normalized spacial score (nSPS) is 12.1. The van der Waals surface area contributed by atoms with Gasteiger partial charge in [0.25, 0.3) is 0 Å². The van der Waals surface area contributed by atoms with Crippen LogP contribution >= 0.6 is 11.3 Å². The van der Waals surface area contributed by atoms with Gasteiger partial charge >= 0.3 is 0 Å². The molecule has 1 unspecified atom stereocenters. The van der Waals surface area contributed by atoms with Crippen LogP contribution in [-0.2, 0) is 4.74 Å². The zero-order chi connectivity index (χ0) is 13.0. The minimum absolute atomic E-state index is 0.500. The van der Waals surface area contributed by atoms with Crippen molar-refractivity contribution >= 4 is 11.3 Å². The fourth-order valence-electron chi connectivity index (χ4n) is 1.59. The lowest BCUT2D eigenvalue weighted by molar-refractivity contribution is 0.102. The Morgan fingerprint density at radius 1 is 1.33 bits per heavy atom. The SMILES string of the molecule is CCOC(C#N)c1ccc(-c2nnc(C)s2)cc1. The fraction of sp³-hybridized carbons (Fsp3) is 0.308. The summed E-state index contributed by atoms with van der Waals surface area (Å²) in [6.45, 7) is 4.33. The molecule has 0 aliphatic heterocycles. The van der Waals surface area contributed by atoms with E-state index >= 15 is 0 Å². The van der Waals surface area contributed by atoms with Crippen molar-refractivity contribution in [2.45, 2.75) is 20.0 Å². The largest absolute Gasteiger partial charge is 0.359 e. The maximum Gasteiger partial charge on any atom is 0.169 e. The van der Waals surface area contributed by atoms with E-state index in [-0.39, 0.29) is 0 Å². The summed E-state index contributed by atoms with van der Waals surface area (Å²) in [4.78, 5) is 0. The summed E-state index contributed by atoms with van der Waals surface area (Å²) in [7, 11) is 0. The van der Waals surface area contributed by atoms with E-state index in [1.807, 2.05) is 38.1 Å². The monoisotopic (exact) mass is 259 g/mol. The van der Waals surface area contributed by atoms with Crippen molar-refractivity contribution in [3.63, 3.8) is 0 Å². The number of nitrogens with zero attached hydrogens (tertiary/aromatic N) is 3. The molecular weight excluding hydrogens is 246 g/mol. The van der Waals surface area contributed by atoms with Crippen LogP contribution in [0.2, 0.25) is 0 Å². The van der Waals surface area contributed by atoms with Gasteiger partial charge in [0.2, 0.25) is 0 Å². The van der Waals surface area contributed by atoms with Gasteiger partial charge in [-0.2, -0.15) is 5.26 Å². The second kappa shape index (κ2) is 5.71. The molecule has 0 fully saturated rings. The zero-order valence-corrected chi connectivity index (χ0v) is 11.1. The fourth-order valence-corrected chi connectivity index (χ4v) is 2.29. The van der Waals surface area contributed by atoms with Gasteiger partial charge in [0.05, 0.1) is 6.07 Å². The van der Waals surface area contributed by atoms with Crippen molar-refractivity contribution in [1.82, 2.24) is 10.2 Å². The smallest absolute Gasteiger partial charge is 0.169 e. The summed E-state index contributed by atoms with van der Waals surface area (Å²) < 4.78 is 5.34. The van der Waals surface area contributed by atoms with E-state index in [1.54, 1.807) is 11.3 Å². The van der Waals surface area contributed by atoms with E-state index in [0.29, 0.717) is 6.61 Å². The van der Waals surface area contributed by atoms with Gasteiger partial charge in [-0.3, -0.25) is 0 Å². The molecule has 0 saturated carbocycles. The molecule has 4 nitrogen and oxygen atoms in total. The highest BCUT2D eigenvalue weighted by molar-refractivity contribution is 7.14. The number of rotatable bonds is 4. The van der Waals surface area contributed by atoms with Gasteiger partial charge in [-0.1, -0.05) is 35.6 Å². The maximum absolute atomic E-state index is 9.00. The van der Waals surface area contributed by atoms with Gasteiger partial charge in [-0.15, -0.1) is 10.2 Å². The van der Waals surface area contributed by atoms with Crippen molar-refractivity contribution in [3.05, 3.63) is 34.8 Å². The molecule has 0 N–H and O–H groups in total. The predicted octanol–water partition coefficient (Wildman–Crippen LogP) is 3.11. The Hall–Kier alpha value is -1.77. The number of nitriles is 1. The standard InChI is InChI=1S/C13H13N3OS/c1-3-17-12(8-14)10-4-6-11(7-5-10)13-16-15-9(2)18-13/h4-7,12H,3H2,1-2H3. The van der Waals surface area contributed by atoms with E-state index in [9.17, 15) is 0 Å². The molecule has 92 valence electrons. The Morgan fingerprint density at radius 2 is 2.06 bits per heavy atom. The molecule has 5 heteroatoms. The van der Waals surface area contributed by atoms with Crippen LogP contribution in [0.15, 0.2) is 24.3 Å². The lowest BCUT2D eigenvalue weighted by atomic mass is 10.1. The Balaban J connectivity index is 2.22. The Morgan fingerprint density at radius 3 is 2.56 bits per heavy atom. The Bertz CT molecular complexity index is 556. The molecule has 0 radical (unpaired) electrons. The lowest BCUT2D eigenvalue weighted by Gasteiger charge is -2.09. The summed E-state index contributed by atoms with van der Waals surface area (Å²) in [5.74, 6) is 0. The van der Waals surface area contributed by atoms with Crippen LogP contribution in [0.3, 0.4) is 0 Å². The maximum atomic E-state index is 9.00. The molecule has 2 rings (SSSR count). The third kappa shape index (κ3) is 2.73. The highest BCUT2D eigenvalue weighted by Gasteiger charge is 2.10. The van der Waals surface area contributed by atoms with Crippen molar-refractivity contribution in [2.24, 2.45) is 0 Å². The predicted molar refractivity (Wildman–Crippen MR) is 70.1 cm³/mol. The van der Waals surface area contributed by atoms with Crippen LogP contribution in [-0.4, -0.2) is 16.8 Å². The minimum Gasteiger partial charge on any atom is -0.359 e. The van der Waals surface area contributed by atoms with E-state index in [4.69, 9.17) is 10.00 Å². The van der Waals surface area contributed by atoms with Gasteiger partial charge < -0.3 is 4.74 Å². The minimum atomic E-state index is -0.500. The molecule has 0 bridgehead atoms. The quantitative estimate of drug-likeness (QED) is 0.846. The molecule has 0 amide bonds. The number of benzene rings is 1. The van der Waals surface area contributed by atoms with Crippen molar-refractivity contribution < 1.29 is 4.74 Å². The third-order valence-corrected chi connectivity index (χ3v) is 3.32. The molecule has 0 aliphatic carbocycles. The molecule has 1 heterocycles. The second-order valence-corrected chi connectivity index (χ2v) is 4.89. The van der Waals surface area contributed by atoms with Crippen molar-refractivity contribution in [2.75, 3.05) is 6.61 Å². The number of aromatic nitrogens is 2. The van der Waals surface area contributed by atoms with E-state index in [1.165, 1.54) is 0 Å². The van der Waals surface area contributed by atoms with Crippen LogP contribution in [0, 0.1) is 18.3 Å². The van der Waals surface area contributed by atoms with Gasteiger partial charge in [-0.25, -0.2) is 0 Å². The highest BCUT2D eigenvalue weighted by Crippen LogP contribution is 2.25. The molecule has 0 saturated heterocycles. The Labute approximate surface area is 110 Å². The van der Waals surface area contributed by atoms with Crippen LogP contribution in [0.4, 0.5) is 0 Å². The van der Waals surface area contributed by atoms with E-state index in [2.05, 4.69) is 16.3 Å². The lowest BCUT2D eigenvalue weighted by Crippen LogP contribution is -2.01. The van der Waals surface area contributed by atoms with Gasteiger partial charge in [0, 0.05) is 12.2 Å². The zero-order valence-electron chi connectivity index (χ0n) is 10.3. The first-order chi connectivity index (χ1) is 8.74. The topological polar surface area (TPSA) is 58.8 Å². The van der Waals surface area contributed by atoms with Crippen molar-refractivity contribution in [3.8, 4) is 16.6 Å². The van der Waals surface area contributed by atoms with E-state index < -0.39 is 6.10 Å². The van der Waals surface area contributed by atoms with Crippen LogP contribution < -0.4 is 0 Å². The van der Waals surface area contributed by atoms with E-state index in [0.717, 1.165) is 21.1 Å². The molecule has 0 spiro atoms. The number of ether oxygens (including phenoxy) is 1. The van der Waals surface area contributed by atoms with Crippen LogP contribution in [0.25, 0.3) is 10.6 Å². The molecule has 1 aromatic carbocycles. The highest BCUT2D eigenvalue weighted by atomic mass is 32.1. The molecule has 0 aliphatic rings. The number of hydrogen-bond donors (Lipinski definition) is 0. The molecule has 1 aromatic heterocycles. The summed E-state index contributed by atoms with van der Waals surface area (Å²) in [6.07, 6.45) is -0.500. The van der Waals surface area contributed by atoms with Gasteiger partial charge in [-0.05, 0) is 19.4 Å². The summed E-state index contributed by atoms with van der Waals surface area (Å²) >= 11 is 1.55. The van der Waals surface area contributed by atoms with Gasteiger partial charge in [0.1, 0.15) is 10.0 Å². The first kappa shape index (κ1) is 12.7. The van der Waals surface area contributed by atoms with Crippen molar-refractivity contribution in [1.29, 1.82) is 5.26 Å². The third-order valence-electron chi connectivity index (χ3n) is 2.44. The van der Waals surface area contributed by atoms with Crippen LogP contribution in [0.5, 0.6) is 0 Å². The number of aryl methyl sites for hydroxylation is 1. The summed E-state index contributed by atoms with van der Waals surface area (Å²) in [6, 6.07) is 9.82. The molecule has 2 aromatic rings. The molecule has 18 heavy (non-hydrogen) atoms. The molecular formula is C13H13N3OS. The number of hydrogen-bond acceptors (Lipinski definition) is 5.